The number of thiophene rings is 1. The van der Waals surface area contributed by atoms with E-state index in [1.54, 1.807) is 23.3 Å². The second kappa shape index (κ2) is 9.66. The zero-order valence-corrected chi connectivity index (χ0v) is 21.1. The number of benzene rings is 2. The summed E-state index contributed by atoms with van der Waals surface area (Å²) >= 11 is 1.64. The van der Waals surface area contributed by atoms with Crippen molar-refractivity contribution in [2.24, 2.45) is 4.99 Å². The van der Waals surface area contributed by atoms with Crippen LogP contribution in [-0.4, -0.2) is 37.7 Å². The number of nitrogens with zero attached hydrogens (tertiary/aromatic N) is 2. The minimum atomic E-state index is -0.212. The van der Waals surface area contributed by atoms with Gasteiger partial charge < -0.3 is 10.1 Å². The first-order valence-electron chi connectivity index (χ1n) is 12.0. The molecular formula is C28H29N3O3S. The maximum absolute atomic E-state index is 13.3. The van der Waals surface area contributed by atoms with Crippen molar-refractivity contribution < 1.29 is 14.3 Å². The highest BCUT2D eigenvalue weighted by atomic mass is 32.1. The van der Waals surface area contributed by atoms with Crippen LogP contribution in [0.2, 0.25) is 0 Å². The molecule has 2 aliphatic rings. The van der Waals surface area contributed by atoms with Gasteiger partial charge in [-0.3, -0.25) is 19.5 Å². The van der Waals surface area contributed by atoms with Crippen LogP contribution in [0.5, 0.6) is 5.75 Å². The van der Waals surface area contributed by atoms with Gasteiger partial charge in [0, 0.05) is 21.7 Å². The van der Waals surface area contributed by atoms with Crippen LogP contribution in [0, 0.1) is 13.8 Å². The van der Waals surface area contributed by atoms with E-state index < -0.39 is 0 Å². The third-order valence-electron chi connectivity index (χ3n) is 6.63. The summed E-state index contributed by atoms with van der Waals surface area (Å²) in [5.74, 6) is 0.399. The fourth-order valence-electron chi connectivity index (χ4n) is 4.84. The summed E-state index contributed by atoms with van der Waals surface area (Å²) in [5.41, 5.74) is 6.97. The minimum Gasteiger partial charge on any atom is -0.497 e. The van der Waals surface area contributed by atoms with Gasteiger partial charge in [-0.15, -0.1) is 11.3 Å². The molecule has 6 nitrogen and oxygen atoms in total. The first-order chi connectivity index (χ1) is 16.9. The van der Waals surface area contributed by atoms with E-state index in [0.29, 0.717) is 0 Å². The first-order valence-corrected chi connectivity index (χ1v) is 12.8. The van der Waals surface area contributed by atoms with Gasteiger partial charge in [0.25, 0.3) is 0 Å². The lowest BCUT2D eigenvalue weighted by Gasteiger charge is -2.21. The second-order valence-electron chi connectivity index (χ2n) is 9.13. The number of rotatable bonds is 5. The molecule has 0 unspecified atom stereocenters. The highest BCUT2D eigenvalue weighted by Crippen LogP contribution is 2.42. The lowest BCUT2D eigenvalue weighted by molar-refractivity contribution is -0.120. The number of hydrogen-bond donors (Lipinski definition) is 1. The molecule has 0 spiro atoms. The Morgan fingerprint density at radius 3 is 2.63 bits per heavy atom. The van der Waals surface area contributed by atoms with Crippen LogP contribution in [0.25, 0.3) is 0 Å². The minimum absolute atomic E-state index is 0.00831. The normalized spacial score (nSPS) is 15.1. The van der Waals surface area contributed by atoms with Crippen molar-refractivity contribution in [3.8, 4) is 5.75 Å². The van der Waals surface area contributed by atoms with Gasteiger partial charge >= 0.3 is 0 Å². The number of carbonyl (C=O) groups is 2. The molecule has 0 radical (unpaired) electrons. The zero-order valence-electron chi connectivity index (χ0n) is 20.3. The van der Waals surface area contributed by atoms with Gasteiger partial charge in [0.1, 0.15) is 23.8 Å². The van der Waals surface area contributed by atoms with Crippen molar-refractivity contribution in [3.63, 3.8) is 0 Å². The molecule has 7 heteroatoms. The number of aryl methyl sites for hydroxylation is 3. The number of amides is 2. The highest BCUT2D eigenvalue weighted by molar-refractivity contribution is 7.17. The van der Waals surface area contributed by atoms with E-state index in [4.69, 9.17) is 9.73 Å². The Hall–Kier alpha value is -3.45. The molecule has 1 aromatic heterocycles. The Morgan fingerprint density at radius 2 is 1.89 bits per heavy atom. The van der Waals surface area contributed by atoms with Crippen LogP contribution in [0.1, 0.15) is 45.5 Å². The van der Waals surface area contributed by atoms with Crippen molar-refractivity contribution in [2.75, 3.05) is 30.4 Å². The summed E-state index contributed by atoms with van der Waals surface area (Å²) in [7, 11) is 1.64. The Bertz CT molecular complexity index is 1320. The smallest absolute Gasteiger partial charge is 0.249 e. The average Bonchev–Trinajstić information content (AvgIpc) is 3.18. The van der Waals surface area contributed by atoms with Gasteiger partial charge in [0.15, 0.2) is 0 Å². The molecule has 0 saturated heterocycles. The Morgan fingerprint density at radius 1 is 1.11 bits per heavy atom. The topological polar surface area (TPSA) is 71.0 Å². The molecule has 1 aliphatic carbocycles. The van der Waals surface area contributed by atoms with Crippen LogP contribution in [0.4, 0.5) is 10.7 Å². The monoisotopic (exact) mass is 487 g/mol. The molecule has 1 aliphatic heterocycles. The number of anilines is 2. The van der Waals surface area contributed by atoms with Crippen molar-refractivity contribution >= 4 is 39.6 Å². The SMILES string of the molecule is COc1ccc(C2=NCC(=O)N(CC(=O)Nc3ccc(C)cc3C)c3sc4c(c32)CCCC4)cc1. The van der Waals surface area contributed by atoms with Crippen LogP contribution < -0.4 is 15.0 Å². The molecule has 180 valence electrons. The molecule has 0 saturated carbocycles. The number of methoxy groups -OCH3 is 1. The number of carbonyl (C=O) groups excluding carboxylic acids is 2. The van der Waals surface area contributed by atoms with E-state index >= 15 is 0 Å². The number of hydrogen-bond acceptors (Lipinski definition) is 5. The van der Waals surface area contributed by atoms with Gasteiger partial charge in [-0.2, -0.15) is 0 Å². The maximum Gasteiger partial charge on any atom is 0.249 e. The predicted molar refractivity (Wildman–Crippen MR) is 141 cm³/mol. The standard InChI is InChI=1S/C28H29N3O3S/c1-17-8-13-22(18(2)14-17)30-24(32)16-31-25(33)15-29-27(19-9-11-20(34-3)12-10-19)26-21-6-4-5-7-23(21)35-28(26)31/h8-14H,4-7,15-16H2,1-3H3,(H,30,32). The number of nitrogens with one attached hydrogen (secondary N) is 1. The maximum atomic E-state index is 13.3. The molecule has 1 N–H and O–H groups in total. The summed E-state index contributed by atoms with van der Waals surface area (Å²) in [6.07, 6.45) is 4.22. The third kappa shape index (κ3) is 4.60. The van der Waals surface area contributed by atoms with Crippen LogP contribution in [-0.2, 0) is 22.4 Å². The summed E-state index contributed by atoms with van der Waals surface area (Å²) in [4.78, 5) is 34.1. The lowest BCUT2D eigenvalue weighted by Crippen LogP contribution is -2.38. The van der Waals surface area contributed by atoms with Crippen molar-refractivity contribution in [1.82, 2.24) is 0 Å². The van der Waals surface area contributed by atoms with E-state index in [-0.39, 0.29) is 24.9 Å². The molecule has 0 fully saturated rings. The van der Waals surface area contributed by atoms with Crippen LogP contribution in [0.3, 0.4) is 0 Å². The third-order valence-corrected chi connectivity index (χ3v) is 7.94. The van der Waals surface area contributed by atoms with E-state index in [9.17, 15) is 9.59 Å². The van der Waals surface area contributed by atoms with Gasteiger partial charge in [0.05, 0.1) is 12.8 Å². The molecule has 2 heterocycles. The van der Waals surface area contributed by atoms with Crippen LogP contribution >= 0.6 is 11.3 Å². The number of ether oxygens (including phenoxy) is 1. The lowest BCUT2D eigenvalue weighted by atomic mass is 9.91. The van der Waals surface area contributed by atoms with Gasteiger partial charge in [-0.1, -0.05) is 17.7 Å². The van der Waals surface area contributed by atoms with Crippen LogP contribution in [0.15, 0.2) is 47.5 Å². The van der Waals surface area contributed by atoms with E-state index in [1.165, 1.54) is 10.4 Å². The molecule has 2 amide bonds. The molecule has 0 bridgehead atoms. The number of fused-ring (bicyclic) bond motifs is 3. The summed E-state index contributed by atoms with van der Waals surface area (Å²) in [6, 6.07) is 13.7. The molecule has 2 aromatic carbocycles. The van der Waals surface area contributed by atoms with Crippen molar-refractivity contribution in [3.05, 3.63) is 75.2 Å². The molecular weight excluding hydrogens is 458 g/mol. The summed E-state index contributed by atoms with van der Waals surface area (Å²) in [6.45, 7) is 3.97. The Kier molecular flexibility index (Phi) is 6.43. The Balaban J connectivity index is 1.51. The van der Waals surface area contributed by atoms with Gasteiger partial charge in [0.2, 0.25) is 11.8 Å². The van der Waals surface area contributed by atoms with Gasteiger partial charge in [-0.25, -0.2) is 0 Å². The fourth-order valence-corrected chi connectivity index (χ4v) is 6.25. The molecule has 3 aromatic rings. The van der Waals surface area contributed by atoms with E-state index in [1.807, 2.05) is 56.3 Å². The predicted octanol–water partition coefficient (Wildman–Crippen LogP) is 5.08. The molecule has 0 atom stereocenters. The summed E-state index contributed by atoms with van der Waals surface area (Å²) < 4.78 is 5.32. The fraction of sp³-hybridized carbons (Fsp3) is 0.321. The number of aliphatic imine (C=N–C) groups is 1. The van der Waals surface area contributed by atoms with E-state index in [0.717, 1.165) is 70.1 Å². The molecule has 5 rings (SSSR count). The second-order valence-corrected chi connectivity index (χ2v) is 10.2. The highest BCUT2D eigenvalue weighted by Gasteiger charge is 2.33. The average molecular weight is 488 g/mol. The quantitative estimate of drug-likeness (QED) is 0.546. The summed E-state index contributed by atoms with van der Waals surface area (Å²) in [5, 5.41) is 3.83. The van der Waals surface area contributed by atoms with Crippen molar-refractivity contribution in [1.29, 1.82) is 0 Å². The first kappa shape index (κ1) is 23.3. The van der Waals surface area contributed by atoms with Crippen molar-refractivity contribution in [2.45, 2.75) is 39.5 Å². The molecule has 35 heavy (non-hydrogen) atoms. The van der Waals surface area contributed by atoms with Gasteiger partial charge in [-0.05, 0) is 81.0 Å². The zero-order chi connectivity index (χ0) is 24.5. The largest absolute Gasteiger partial charge is 0.497 e. The van der Waals surface area contributed by atoms with E-state index in [2.05, 4.69) is 5.32 Å². The Labute approximate surface area is 209 Å².